The highest BCUT2D eigenvalue weighted by Crippen LogP contribution is 2.19. The molecule has 0 bridgehead atoms. The third kappa shape index (κ3) is 4.13. The van der Waals surface area contributed by atoms with Crippen LogP contribution in [0.5, 0.6) is 0 Å². The molecule has 7 heteroatoms. The molecule has 2 aromatic rings. The van der Waals surface area contributed by atoms with Crippen LogP contribution in [-0.4, -0.2) is 52.1 Å². The van der Waals surface area contributed by atoms with Crippen molar-refractivity contribution in [2.75, 3.05) is 26.2 Å². The highest BCUT2D eigenvalue weighted by molar-refractivity contribution is 5.20. The Balaban J connectivity index is 1.57. The van der Waals surface area contributed by atoms with Crippen molar-refractivity contribution in [2.45, 2.75) is 18.8 Å². The number of ether oxygens (including phenoxy) is 1. The van der Waals surface area contributed by atoms with Crippen LogP contribution in [0, 0.1) is 11.6 Å². The fourth-order valence-electron chi connectivity index (χ4n) is 2.74. The van der Waals surface area contributed by atoms with Gasteiger partial charge in [-0.2, -0.15) is 5.10 Å². The van der Waals surface area contributed by atoms with Crippen LogP contribution in [0.15, 0.2) is 36.7 Å². The van der Waals surface area contributed by atoms with Crippen LogP contribution in [0.2, 0.25) is 0 Å². The van der Waals surface area contributed by atoms with Crippen LogP contribution in [0.25, 0.3) is 0 Å². The van der Waals surface area contributed by atoms with Gasteiger partial charge in [0.25, 0.3) is 0 Å². The standard InChI is InChI=1S/C16H19F2N3O2/c17-14-3-2-12(8-15(14)18)16(22)11-20-6-7-23-13(9-20)10-21-5-1-4-19-21/h1-5,8,13,16,22H,6-7,9-11H2/t13-,16-/m0/s1. The summed E-state index contributed by atoms with van der Waals surface area (Å²) in [5.74, 6) is -1.85. The lowest BCUT2D eigenvalue weighted by Crippen LogP contribution is -2.45. The second kappa shape index (κ2) is 7.16. The third-order valence-electron chi connectivity index (χ3n) is 3.93. The summed E-state index contributed by atoms with van der Waals surface area (Å²) in [6.07, 6.45) is 2.71. The number of aliphatic hydroxyl groups excluding tert-OH is 1. The predicted octanol–water partition coefficient (Wildman–Crippen LogP) is 1.60. The number of β-amino-alcohol motifs (C(OH)–C–C–N with tert-alkyl or cyclic N) is 1. The monoisotopic (exact) mass is 323 g/mol. The summed E-state index contributed by atoms with van der Waals surface area (Å²) in [5.41, 5.74) is 0.374. The molecule has 0 aliphatic carbocycles. The first-order chi connectivity index (χ1) is 11.1. The fourth-order valence-corrected chi connectivity index (χ4v) is 2.74. The Labute approximate surface area is 133 Å². The minimum atomic E-state index is -0.944. The Morgan fingerprint density at radius 1 is 1.35 bits per heavy atom. The number of halogens is 2. The smallest absolute Gasteiger partial charge is 0.159 e. The third-order valence-corrected chi connectivity index (χ3v) is 3.93. The van der Waals surface area contributed by atoms with Crippen molar-refractivity contribution in [3.63, 3.8) is 0 Å². The molecular formula is C16H19F2N3O2. The van der Waals surface area contributed by atoms with E-state index in [0.29, 0.717) is 38.3 Å². The van der Waals surface area contributed by atoms with E-state index < -0.39 is 17.7 Å². The Morgan fingerprint density at radius 2 is 2.22 bits per heavy atom. The van der Waals surface area contributed by atoms with E-state index in [4.69, 9.17) is 4.74 Å². The van der Waals surface area contributed by atoms with Gasteiger partial charge in [-0.15, -0.1) is 0 Å². The minimum Gasteiger partial charge on any atom is -0.387 e. The van der Waals surface area contributed by atoms with Gasteiger partial charge in [0.1, 0.15) is 0 Å². The van der Waals surface area contributed by atoms with Crippen molar-refractivity contribution in [1.82, 2.24) is 14.7 Å². The lowest BCUT2D eigenvalue weighted by Gasteiger charge is -2.34. The van der Waals surface area contributed by atoms with E-state index in [2.05, 4.69) is 10.00 Å². The molecule has 1 saturated heterocycles. The summed E-state index contributed by atoms with van der Waals surface area (Å²) >= 11 is 0. The molecule has 23 heavy (non-hydrogen) atoms. The van der Waals surface area contributed by atoms with Gasteiger partial charge in [0.05, 0.1) is 25.4 Å². The number of nitrogens with zero attached hydrogens (tertiary/aromatic N) is 3. The van der Waals surface area contributed by atoms with E-state index in [0.717, 1.165) is 12.1 Å². The lowest BCUT2D eigenvalue weighted by molar-refractivity contribution is -0.0486. The van der Waals surface area contributed by atoms with Crippen LogP contribution in [-0.2, 0) is 11.3 Å². The van der Waals surface area contributed by atoms with Crippen molar-refractivity contribution in [1.29, 1.82) is 0 Å². The van der Waals surface area contributed by atoms with E-state index in [9.17, 15) is 13.9 Å². The fraction of sp³-hybridized carbons (Fsp3) is 0.438. The Kier molecular flexibility index (Phi) is 5.00. The zero-order valence-electron chi connectivity index (χ0n) is 12.6. The van der Waals surface area contributed by atoms with E-state index in [1.165, 1.54) is 6.07 Å². The van der Waals surface area contributed by atoms with E-state index >= 15 is 0 Å². The number of morpholine rings is 1. The molecule has 1 aliphatic rings. The SMILES string of the molecule is O[C@@H](CN1CCO[C@H](Cn2cccn2)C1)c1ccc(F)c(F)c1. The number of benzene rings is 1. The number of hydrogen-bond donors (Lipinski definition) is 1. The van der Waals surface area contributed by atoms with E-state index in [1.807, 2.05) is 12.3 Å². The van der Waals surface area contributed by atoms with Crippen LogP contribution in [0.4, 0.5) is 8.78 Å². The summed E-state index contributed by atoms with van der Waals surface area (Å²) in [4.78, 5) is 2.06. The van der Waals surface area contributed by atoms with Gasteiger partial charge >= 0.3 is 0 Å². The molecule has 1 aromatic heterocycles. The minimum absolute atomic E-state index is 0.0131. The molecule has 0 radical (unpaired) electrons. The first-order valence-electron chi connectivity index (χ1n) is 7.56. The largest absolute Gasteiger partial charge is 0.387 e. The zero-order chi connectivity index (χ0) is 16.2. The Morgan fingerprint density at radius 3 is 2.96 bits per heavy atom. The predicted molar refractivity (Wildman–Crippen MR) is 79.7 cm³/mol. The molecule has 0 amide bonds. The summed E-state index contributed by atoms with van der Waals surface area (Å²) in [6.45, 7) is 2.90. The van der Waals surface area contributed by atoms with Gasteiger partial charge in [-0.1, -0.05) is 6.07 Å². The number of hydrogen-bond acceptors (Lipinski definition) is 4. The number of rotatable bonds is 5. The molecule has 2 atom stereocenters. The molecule has 124 valence electrons. The van der Waals surface area contributed by atoms with Crippen LogP contribution < -0.4 is 0 Å². The van der Waals surface area contributed by atoms with Gasteiger partial charge in [0.2, 0.25) is 0 Å². The molecule has 2 heterocycles. The maximum atomic E-state index is 13.3. The number of aromatic nitrogens is 2. The van der Waals surface area contributed by atoms with Crippen LogP contribution in [0.3, 0.4) is 0 Å². The molecule has 5 nitrogen and oxygen atoms in total. The molecule has 0 saturated carbocycles. The van der Waals surface area contributed by atoms with Crippen molar-refractivity contribution in [2.24, 2.45) is 0 Å². The second-order valence-electron chi connectivity index (χ2n) is 5.67. The van der Waals surface area contributed by atoms with Gasteiger partial charge < -0.3 is 9.84 Å². The van der Waals surface area contributed by atoms with Crippen molar-refractivity contribution in [3.8, 4) is 0 Å². The quantitative estimate of drug-likeness (QED) is 0.908. The van der Waals surface area contributed by atoms with Gasteiger partial charge in [-0.05, 0) is 23.8 Å². The van der Waals surface area contributed by atoms with Crippen LogP contribution >= 0.6 is 0 Å². The average Bonchev–Trinajstić information content (AvgIpc) is 3.03. The van der Waals surface area contributed by atoms with E-state index in [-0.39, 0.29) is 6.10 Å². The van der Waals surface area contributed by atoms with Crippen molar-refractivity contribution < 1.29 is 18.6 Å². The lowest BCUT2D eigenvalue weighted by atomic mass is 10.1. The van der Waals surface area contributed by atoms with Gasteiger partial charge in [0.15, 0.2) is 11.6 Å². The maximum absolute atomic E-state index is 13.3. The summed E-state index contributed by atoms with van der Waals surface area (Å²) in [7, 11) is 0. The first kappa shape index (κ1) is 16.0. The summed E-state index contributed by atoms with van der Waals surface area (Å²) in [5, 5.41) is 14.4. The molecule has 0 spiro atoms. The molecule has 1 aromatic carbocycles. The molecule has 1 N–H and O–H groups in total. The zero-order valence-corrected chi connectivity index (χ0v) is 12.6. The Hall–Kier alpha value is -1.83. The normalized spacial score (nSPS) is 20.6. The summed E-state index contributed by atoms with van der Waals surface area (Å²) < 4.78 is 33.7. The summed E-state index contributed by atoms with van der Waals surface area (Å²) in [6, 6.07) is 5.34. The average molecular weight is 323 g/mol. The second-order valence-corrected chi connectivity index (χ2v) is 5.67. The highest BCUT2D eigenvalue weighted by atomic mass is 19.2. The molecule has 0 unspecified atom stereocenters. The molecule has 1 aliphatic heterocycles. The van der Waals surface area contributed by atoms with Gasteiger partial charge in [-0.3, -0.25) is 9.58 Å². The molecule has 3 rings (SSSR count). The van der Waals surface area contributed by atoms with E-state index in [1.54, 1.807) is 10.9 Å². The van der Waals surface area contributed by atoms with Crippen molar-refractivity contribution in [3.05, 3.63) is 53.9 Å². The first-order valence-corrected chi connectivity index (χ1v) is 7.56. The number of aliphatic hydroxyl groups is 1. The van der Waals surface area contributed by atoms with Gasteiger partial charge in [0, 0.05) is 32.0 Å². The molecule has 1 fully saturated rings. The molecular weight excluding hydrogens is 304 g/mol. The Bertz CT molecular complexity index is 636. The maximum Gasteiger partial charge on any atom is 0.159 e. The highest BCUT2D eigenvalue weighted by Gasteiger charge is 2.23. The van der Waals surface area contributed by atoms with Gasteiger partial charge in [-0.25, -0.2) is 8.78 Å². The van der Waals surface area contributed by atoms with Crippen LogP contribution in [0.1, 0.15) is 11.7 Å². The topological polar surface area (TPSA) is 50.5 Å². The van der Waals surface area contributed by atoms with Crippen molar-refractivity contribution >= 4 is 0 Å².